The first-order chi connectivity index (χ1) is 8.15. The van der Waals surface area contributed by atoms with Gasteiger partial charge in [-0.2, -0.15) is 0 Å². The Labute approximate surface area is 101 Å². The minimum absolute atomic E-state index is 0.0298. The Bertz CT molecular complexity index is 303. The first kappa shape index (κ1) is 13.5. The van der Waals surface area contributed by atoms with E-state index in [0.29, 0.717) is 12.8 Å². The molecule has 0 N–H and O–H groups in total. The average Bonchev–Trinajstić information content (AvgIpc) is 2.37. The van der Waals surface area contributed by atoms with E-state index >= 15 is 0 Å². The highest BCUT2D eigenvalue weighted by Gasteiger charge is 2.38. The van der Waals surface area contributed by atoms with E-state index in [0.717, 1.165) is 12.8 Å². The number of rotatable bonds is 3. The molecule has 0 saturated carbocycles. The lowest BCUT2D eigenvalue weighted by Gasteiger charge is -2.39. The topological polar surface area (TPSA) is 55.8 Å². The van der Waals surface area contributed by atoms with Crippen LogP contribution in [0.4, 0.5) is 4.79 Å². The first-order valence-corrected chi connectivity index (χ1v) is 5.70. The molecule has 1 aliphatic rings. The van der Waals surface area contributed by atoms with Gasteiger partial charge in [0.05, 0.1) is 14.2 Å². The summed E-state index contributed by atoms with van der Waals surface area (Å²) in [6, 6.07) is -0.566. The van der Waals surface area contributed by atoms with E-state index in [1.807, 2.05) is 0 Å². The van der Waals surface area contributed by atoms with Gasteiger partial charge in [-0.3, -0.25) is 4.90 Å². The number of esters is 1. The van der Waals surface area contributed by atoms with Crippen molar-refractivity contribution in [1.82, 2.24) is 4.90 Å². The van der Waals surface area contributed by atoms with Crippen LogP contribution in [-0.4, -0.2) is 43.3 Å². The third kappa shape index (κ3) is 2.99. The summed E-state index contributed by atoms with van der Waals surface area (Å²) in [6.45, 7) is 3.67. The van der Waals surface area contributed by atoms with E-state index in [2.05, 4.69) is 6.58 Å². The van der Waals surface area contributed by atoms with Crippen LogP contribution in [0.15, 0.2) is 12.7 Å². The fourth-order valence-corrected chi connectivity index (χ4v) is 2.25. The number of amides is 1. The van der Waals surface area contributed by atoms with Gasteiger partial charge in [0, 0.05) is 6.04 Å². The molecule has 0 aliphatic carbocycles. The van der Waals surface area contributed by atoms with Crippen molar-refractivity contribution >= 4 is 12.1 Å². The molecule has 1 amide bonds. The Balaban J connectivity index is 2.90. The van der Waals surface area contributed by atoms with Crippen molar-refractivity contribution in [2.75, 3.05) is 14.2 Å². The summed E-state index contributed by atoms with van der Waals surface area (Å²) in [5, 5.41) is 0. The minimum atomic E-state index is -0.536. The number of likely N-dealkylation sites (tertiary alicyclic amines) is 1. The molecule has 1 saturated heterocycles. The summed E-state index contributed by atoms with van der Waals surface area (Å²) in [5.41, 5.74) is 0. The van der Waals surface area contributed by atoms with Gasteiger partial charge < -0.3 is 9.47 Å². The van der Waals surface area contributed by atoms with E-state index in [9.17, 15) is 9.59 Å². The molecule has 1 fully saturated rings. The Morgan fingerprint density at radius 3 is 2.59 bits per heavy atom. The van der Waals surface area contributed by atoms with Crippen LogP contribution in [0.25, 0.3) is 0 Å². The summed E-state index contributed by atoms with van der Waals surface area (Å²) in [5.74, 6) is -0.385. The maximum atomic E-state index is 11.7. The van der Waals surface area contributed by atoms with Gasteiger partial charge in [-0.25, -0.2) is 9.59 Å². The molecule has 0 radical (unpaired) electrons. The van der Waals surface area contributed by atoms with Gasteiger partial charge in [-0.05, 0) is 25.7 Å². The third-order valence-corrected chi connectivity index (χ3v) is 3.04. The first-order valence-electron chi connectivity index (χ1n) is 5.70. The van der Waals surface area contributed by atoms with Crippen LogP contribution in [0.2, 0.25) is 0 Å². The highest BCUT2D eigenvalue weighted by Crippen LogP contribution is 2.26. The van der Waals surface area contributed by atoms with Gasteiger partial charge in [0.1, 0.15) is 6.04 Å². The Morgan fingerprint density at radius 2 is 2.06 bits per heavy atom. The second kappa shape index (κ2) is 6.27. The van der Waals surface area contributed by atoms with Crippen LogP contribution in [0.3, 0.4) is 0 Å². The van der Waals surface area contributed by atoms with Gasteiger partial charge in [-0.1, -0.05) is 6.08 Å². The number of carbonyl (C=O) groups excluding carboxylic acids is 2. The minimum Gasteiger partial charge on any atom is -0.467 e. The molecule has 5 nitrogen and oxygen atoms in total. The molecule has 1 heterocycles. The average molecular weight is 241 g/mol. The van der Waals surface area contributed by atoms with Gasteiger partial charge in [-0.15, -0.1) is 6.58 Å². The van der Waals surface area contributed by atoms with Gasteiger partial charge in [0.2, 0.25) is 0 Å². The standard InChI is InChI=1S/C12H19NO4/c1-4-6-9-7-5-8-10(11(14)16-2)13(9)12(15)17-3/h4,9-10H,1,5-8H2,2-3H3/t9-,10-/m0/s1. The molecular weight excluding hydrogens is 222 g/mol. The molecule has 1 aliphatic heterocycles. The van der Waals surface area contributed by atoms with Crippen LogP contribution in [-0.2, 0) is 14.3 Å². The lowest BCUT2D eigenvalue weighted by atomic mass is 9.94. The van der Waals surface area contributed by atoms with Crippen molar-refractivity contribution in [3.05, 3.63) is 12.7 Å². The monoisotopic (exact) mass is 241 g/mol. The predicted molar refractivity (Wildman–Crippen MR) is 62.5 cm³/mol. The van der Waals surface area contributed by atoms with Gasteiger partial charge in [0.25, 0.3) is 0 Å². The third-order valence-electron chi connectivity index (χ3n) is 3.04. The van der Waals surface area contributed by atoms with Crippen LogP contribution >= 0.6 is 0 Å². The zero-order valence-electron chi connectivity index (χ0n) is 10.3. The molecule has 2 atom stereocenters. The second-order valence-corrected chi connectivity index (χ2v) is 4.03. The zero-order valence-corrected chi connectivity index (χ0v) is 10.3. The summed E-state index contributed by atoms with van der Waals surface area (Å²) in [4.78, 5) is 24.9. The molecule has 1 rings (SSSR count). The quantitative estimate of drug-likeness (QED) is 0.557. The van der Waals surface area contributed by atoms with Crippen molar-refractivity contribution in [1.29, 1.82) is 0 Å². The number of methoxy groups -OCH3 is 2. The van der Waals surface area contributed by atoms with Crippen molar-refractivity contribution in [2.45, 2.75) is 37.8 Å². The number of hydrogen-bond donors (Lipinski definition) is 0. The van der Waals surface area contributed by atoms with Crippen LogP contribution in [0, 0.1) is 0 Å². The van der Waals surface area contributed by atoms with E-state index in [1.165, 1.54) is 19.1 Å². The van der Waals surface area contributed by atoms with Gasteiger partial charge in [0.15, 0.2) is 0 Å². The number of hydrogen-bond acceptors (Lipinski definition) is 4. The normalized spacial score (nSPS) is 24.0. The Hall–Kier alpha value is -1.52. The molecule has 0 unspecified atom stereocenters. The number of carbonyl (C=O) groups is 2. The lowest BCUT2D eigenvalue weighted by Crippen LogP contribution is -2.53. The van der Waals surface area contributed by atoms with E-state index in [1.54, 1.807) is 6.08 Å². The summed E-state index contributed by atoms with van der Waals surface area (Å²) < 4.78 is 9.46. The lowest BCUT2D eigenvalue weighted by molar-refractivity contribution is -0.148. The van der Waals surface area contributed by atoms with Crippen LogP contribution in [0.1, 0.15) is 25.7 Å². The Morgan fingerprint density at radius 1 is 1.35 bits per heavy atom. The largest absolute Gasteiger partial charge is 0.467 e. The number of piperidine rings is 1. The number of nitrogens with zero attached hydrogens (tertiary/aromatic N) is 1. The summed E-state index contributed by atoms with van der Waals surface area (Å²) in [6.07, 6.45) is 4.30. The van der Waals surface area contributed by atoms with Gasteiger partial charge >= 0.3 is 12.1 Å². The molecule has 0 aromatic heterocycles. The van der Waals surface area contributed by atoms with Crippen molar-refractivity contribution in [2.24, 2.45) is 0 Å². The maximum absolute atomic E-state index is 11.7. The molecule has 5 heteroatoms. The van der Waals surface area contributed by atoms with E-state index < -0.39 is 12.1 Å². The van der Waals surface area contributed by atoms with Crippen molar-refractivity contribution in [3.8, 4) is 0 Å². The summed E-state index contributed by atoms with van der Waals surface area (Å²) >= 11 is 0. The maximum Gasteiger partial charge on any atom is 0.410 e. The zero-order chi connectivity index (χ0) is 12.8. The fourth-order valence-electron chi connectivity index (χ4n) is 2.25. The molecule has 0 aromatic rings. The second-order valence-electron chi connectivity index (χ2n) is 4.03. The molecule has 17 heavy (non-hydrogen) atoms. The Kier molecular flexibility index (Phi) is 5.00. The molecule has 0 spiro atoms. The highest BCUT2D eigenvalue weighted by molar-refractivity contribution is 5.81. The van der Waals surface area contributed by atoms with Crippen LogP contribution < -0.4 is 0 Å². The smallest absolute Gasteiger partial charge is 0.410 e. The van der Waals surface area contributed by atoms with E-state index in [-0.39, 0.29) is 12.0 Å². The molecular formula is C12H19NO4. The van der Waals surface area contributed by atoms with Crippen molar-refractivity contribution in [3.63, 3.8) is 0 Å². The number of ether oxygens (including phenoxy) is 2. The van der Waals surface area contributed by atoms with Crippen molar-refractivity contribution < 1.29 is 19.1 Å². The predicted octanol–water partition coefficient (Wildman–Crippen LogP) is 1.73. The molecule has 0 aromatic carbocycles. The SMILES string of the molecule is C=CC[C@H]1CCC[C@@H](C(=O)OC)N1C(=O)OC. The van der Waals surface area contributed by atoms with Crippen LogP contribution in [0.5, 0.6) is 0 Å². The highest BCUT2D eigenvalue weighted by atomic mass is 16.5. The van der Waals surface area contributed by atoms with E-state index in [4.69, 9.17) is 9.47 Å². The fraction of sp³-hybridized carbons (Fsp3) is 0.667. The molecule has 96 valence electrons. The molecule has 0 bridgehead atoms. The summed E-state index contributed by atoms with van der Waals surface area (Å²) in [7, 11) is 2.64.